The third kappa shape index (κ3) is 0.798. The van der Waals surface area contributed by atoms with Crippen LogP contribution in [0.1, 0.15) is 16.2 Å². The third-order valence-corrected chi connectivity index (χ3v) is 0.887. The van der Waals surface area contributed by atoms with Crippen LogP contribution in [0.15, 0.2) is 0 Å². The standard InChI is InChI=1S/C4H3N5O/c5-1-2-3(4(6)10)8-9-7-2/h(H2,6,10)(H,7,8,9). The van der Waals surface area contributed by atoms with Crippen molar-refractivity contribution in [2.75, 3.05) is 0 Å². The van der Waals surface area contributed by atoms with Crippen LogP contribution in [-0.4, -0.2) is 21.3 Å². The summed E-state index contributed by atoms with van der Waals surface area (Å²) in [4.78, 5) is 10.4. The number of carbonyl (C=O) groups excluding carboxylic acids is 1. The van der Waals surface area contributed by atoms with Gasteiger partial charge in [-0.25, -0.2) is 0 Å². The monoisotopic (exact) mass is 137 g/mol. The molecule has 0 aliphatic carbocycles. The van der Waals surface area contributed by atoms with Crippen molar-refractivity contribution in [1.82, 2.24) is 15.4 Å². The first-order chi connectivity index (χ1) is 4.75. The molecule has 10 heavy (non-hydrogen) atoms. The molecular weight excluding hydrogens is 134 g/mol. The number of primary amides is 1. The molecule has 3 N–H and O–H groups in total. The van der Waals surface area contributed by atoms with Gasteiger partial charge < -0.3 is 5.73 Å². The van der Waals surface area contributed by atoms with Crippen molar-refractivity contribution >= 4 is 5.91 Å². The minimum Gasteiger partial charge on any atom is -0.364 e. The molecule has 1 aromatic rings. The van der Waals surface area contributed by atoms with Crippen LogP contribution in [0.25, 0.3) is 0 Å². The number of H-pyrrole nitrogens is 1. The lowest BCUT2D eigenvalue weighted by Crippen LogP contribution is -2.13. The molecule has 0 atom stereocenters. The van der Waals surface area contributed by atoms with Gasteiger partial charge in [-0.2, -0.15) is 10.5 Å². The number of nitrogens with one attached hydrogen (secondary N) is 1. The summed E-state index contributed by atoms with van der Waals surface area (Å²) in [6.07, 6.45) is 0. The third-order valence-electron chi connectivity index (χ3n) is 0.887. The van der Waals surface area contributed by atoms with Crippen LogP contribution in [0.4, 0.5) is 0 Å². The molecule has 1 aromatic heterocycles. The van der Waals surface area contributed by atoms with Gasteiger partial charge in [-0.1, -0.05) is 0 Å². The van der Waals surface area contributed by atoms with Gasteiger partial charge in [-0.3, -0.25) is 4.79 Å². The highest BCUT2D eigenvalue weighted by atomic mass is 16.1. The fraction of sp³-hybridized carbons (Fsp3) is 0. The first-order valence-corrected chi connectivity index (χ1v) is 2.36. The number of hydrogen-bond acceptors (Lipinski definition) is 4. The van der Waals surface area contributed by atoms with E-state index >= 15 is 0 Å². The Morgan fingerprint density at radius 1 is 1.70 bits per heavy atom. The molecule has 0 unspecified atom stereocenters. The molecule has 1 amide bonds. The summed E-state index contributed by atoms with van der Waals surface area (Å²) < 4.78 is 0. The van der Waals surface area contributed by atoms with E-state index in [4.69, 9.17) is 11.0 Å². The molecule has 6 heteroatoms. The van der Waals surface area contributed by atoms with E-state index in [2.05, 4.69) is 15.4 Å². The van der Waals surface area contributed by atoms with Gasteiger partial charge in [0.05, 0.1) is 0 Å². The largest absolute Gasteiger partial charge is 0.364 e. The van der Waals surface area contributed by atoms with E-state index in [1.807, 2.05) is 0 Å². The Hall–Kier alpha value is -1.90. The maximum Gasteiger partial charge on any atom is 0.272 e. The van der Waals surface area contributed by atoms with E-state index in [1.54, 1.807) is 6.07 Å². The highest BCUT2D eigenvalue weighted by molar-refractivity contribution is 5.92. The van der Waals surface area contributed by atoms with Crippen molar-refractivity contribution in [3.8, 4) is 6.07 Å². The van der Waals surface area contributed by atoms with Crippen LogP contribution in [0.3, 0.4) is 0 Å². The second-order valence-electron chi connectivity index (χ2n) is 1.50. The average molecular weight is 137 g/mol. The number of aromatic amines is 1. The maximum atomic E-state index is 10.4. The Morgan fingerprint density at radius 2 is 2.40 bits per heavy atom. The van der Waals surface area contributed by atoms with Gasteiger partial charge >= 0.3 is 0 Å². The fourth-order valence-electron chi connectivity index (χ4n) is 0.481. The molecule has 6 nitrogen and oxygen atoms in total. The van der Waals surface area contributed by atoms with Gasteiger partial charge in [-0.15, -0.1) is 10.2 Å². The van der Waals surface area contributed by atoms with E-state index in [0.717, 1.165) is 0 Å². The smallest absolute Gasteiger partial charge is 0.272 e. The topological polar surface area (TPSA) is 108 Å². The summed E-state index contributed by atoms with van der Waals surface area (Å²) in [5.41, 5.74) is 4.62. The molecular formula is C4H3N5O. The van der Waals surface area contributed by atoms with Crippen molar-refractivity contribution in [2.45, 2.75) is 0 Å². The molecule has 1 heterocycles. The summed E-state index contributed by atoms with van der Waals surface area (Å²) in [5, 5.41) is 17.1. The summed E-state index contributed by atoms with van der Waals surface area (Å²) >= 11 is 0. The molecule has 1 rings (SSSR count). The highest BCUT2D eigenvalue weighted by Gasteiger charge is 2.11. The summed E-state index contributed by atoms with van der Waals surface area (Å²) in [6, 6.07) is 1.65. The Bertz CT molecular complexity index is 295. The number of nitriles is 1. The van der Waals surface area contributed by atoms with Gasteiger partial charge in [-0.05, 0) is 0 Å². The number of amides is 1. The zero-order chi connectivity index (χ0) is 7.56. The van der Waals surface area contributed by atoms with Gasteiger partial charge in [0.15, 0.2) is 11.4 Å². The Kier molecular flexibility index (Phi) is 1.33. The summed E-state index contributed by atoms with van der Waals surface area (Å²) in [6.45, 7) is 0. The SMILES string of the molecule is N#Cc1n[nH]nc1C(N)=O. The van der Waals surface area contributed by atoms with E-state index in [0.29, 0.717) is 0 Å². The van der Waals surface area contributed by atoms with Gasteiger partial charge in [0, 0.05) is 0 Å². The zero-order valence-corrected chi connectivity index (χ0v) is 4.83. The minimum atomic E-state index is -0.759. The maximum absolute atomic E-state index is 10.4. The Morgan fingerprint density at radius 3 is 2.80 bits per heavy atom. The molecule has 0 fully saturated rings. The van der Waals surface area contributed by atoms with E-state index < -0.39 is 5.91 Å². The molecule has 0 aliphatic rings. The number of carbonyl (C=O) groups is 1. The van der Waals surface area contributed by atoms with E-state index in [-0.39, 0.29) is 11.4 Å². The first kappa shape index (κ1) is 6.22. The quantitative estimate of drug-likeness (QED) is 0.505. The predicted molar refractivity (Wildman–Crippen MR) is 29.6 cm³/mol. The second-order valence-corrected chi connectivity index (χ2v) is 1.50. The van der Waals surface area contributed by atoms with Crippen molar-refractivity contribution in [2.24, 2.45) is 5.73 Å². The molecule has 0 aliphatic heterocycles. The van der Waals surface area contributed by atoms with Crippen molar-refractivity contribution < 1.29 is 4.79 Å². The number of hydrogen-bond donors (Lipinski definition) is 2. The fourth-order valence-corrected chi connectivity index (χ4v) is 0.481. The van der Waals surface area contributed by atoms with Gasteiger partial charge in [0.25, 0.3) is 5.91 Å². The second kappa shape index (κ2) is 2.14. The average Bonchev–Trinajstić information content (AvgIpc) is 2.33. The first-order valence-electron chi connectivity index (χ1n) is 2.36. The molecule has 0 spiro atoms. The molecule has 0 bridgehead atoms. The molecule has 0 saturated carbocycles. The lowest BCUT2D eigenvalue weighted by molar-refractivity contribution is 0.0995. The van der Waals surface area contributed by atoms with Crippen LogP contribution < -0.4 is 5.73 Å². The summed E-state index contributed by atoms with van der Waals surface area (Å²) in [5.74, 6) is -0.759. The highest BCUT2D eigenvalue weighted by Crippen LogP contribution is 1.95. The van der Waals surface area contributed by atoms with Crippen molar-refractivity contribution in [1.29, 1.82) is 5.26 Å². The van der Waals surface area contributed by atoms with Crippen LogP contribution in [0.5, 0.6) is 0 Å². The summed E-state index contributed by atoms with van der Waals surface area (Å²) in [7, 11) is 0. The molecule has 0 aromatic carbocycles. The van der Waals surface area contributed by atoms with Crippen LogP contribution >= 0.6 is 0 Å². The lowest BCUT2D eigenvalue weighted by Gasteiger charge is -1.81. The Balaban J connectivity index is 3.17. The Labute approximate surface area is 55.6 Å². The number of rotatable bonds is 1. The molecule has 0 saturated heterocycles. The number of nitrogens with zero attached hydrogens (tertiary/aromatic N) is 3. The van der Waals surface area contributed by atoms with Crippen molar-refractivity contribution in [3.05, 3.63) is 11.4 Å². The van der Waals surface area contributed by atoms with Crippen LogP contribution in [-0.2, 0) is 0 Å². The number of aromatic nitrogens is 3. The van der Waals surface area contributed by atoms with E-state index in [9.17, 15) is 4.79 Å². The zero-order valence-electron chi connectivity index (χ0n) is 4.83. The predicted octanol–water partition coefficient (Wildman–Crippen LogP) is -1.22. The van der Waals surface area contributed by atoms with Gasteiger partial charge in [0.2, 0.25) is 0 Å². The molecule has 0 radical (unpaired) electrons. The van der Waals surface area contributed by atoms with Crippen LogP contribution in [0.2, 0.25) is 0 Å². The normalized spacial score (nSPS) is 8.70. The van der Waals surface area contributed by atoms with Crippen molar-refractivity contribution in [3.63, 3.8) is 0 Å². The number of nitrogens with two attached hydrogens (primary N) is 1. The molecule has 50 valence electrons. The lowest BCUT2D eigenvalue weighted by atomic mass is 10.3. The van der Waals surface area contributed by atoms with Gasteiger partial charge in [0.1, 0.15) is 6.07 Å². The van der Waals surface area contributed by atoms with Crippen LogP contribution in [0, 0.1) is 11.3 Å². The minimum absolute atomic E-state index is 0.0764. The van der Waals surface area contributed by atoms with E-state index in [1.165, 1.54) is 0 Å².